The van der Waals surface area contributed by atoms with Crippen molar-refractivity contribution in [3.05, 3.63) is 23.3 Å². The topological polar surface area (TPSA) is 104 Å². The van der Waals surface area contributed by atoms with Gasteiger partial charge in [-0.25, -0.2) is 0 Å². The number of ketones is 1. The summed E-state index contributed by atoms with van der Waals surface area (Å²) in [7, 11) is 0. The van der Waals surface area contributed by atoms with E-state index in [0.717, 1.165) is 6.42 Å². The van der Waals surface area contributed by atoms with E-state index in [1.165, 1.54) is 0 Å². The van der Waals surface area contributed by atoms with Gasteiger partial charge < -0.3 is 20.1 Å². The van der Waals surface area contributed by atoms with Crippen LogP contribution in [-0.4, -0.2) is 51.5 Å². The largest absolute Gasteiger partial charge is 0.454 e. The molecule has 1 unspecified atom stereocenters. The molecule has 0 saturated heterocycles. The zero-order chi connectivity index (χ0) is 24.0. The Balaban J connectivity index is 1.87. The second-order valence-electron chi connectivity index (χ2n) is 11.7. The number of hydrogen-bond donors (Lipinski definition) is 3. The number of carbonyl (C=O) groups is 2. The maximum atomic E-state index is 14.2. The SMILES string of the molecule is CC1=C[C@]23C(=O)[C@@H](C=C(CO)[C@@H](O)[C@]2(O)[C@H]1OC(=O)C(C)C(C)C)[C@H]1[C@@H](C[C@H]3C)C1(C)C. The van der Waals surface area contributed by atoms with Gasteiger partial charge in [0.2, 0.25) is 0 Å². The summed E-state index contributed by atoms with van der Waals surface area (Å²) in [5.41, 5.74) is -2.67. The molecule has 6 heteroatoms. The molecule has 0 radical (unpaired) electrons. The molecule has 4 aliphatic rings. The third-order valence-electron chi connectivity index (χ3n) is 9.50. The Kier molecular flexibility index (Phi) is 5.36. The molecule has 6 nitrogen and oxygen atoms in total. The van der Waals surface area contributed by atoms with Crippen molar-refractivity contribution >= 4 is 11.8 Å². The highest BCUT2D eigenvalue weighted by Crippen LogP contribution is 2.71. The molecule has 0 aromatic rings. The van der Waals surface area contributed by atoms with E-state index in [1.807, 2.05) is 20.8 Å². The lowest BCUT2D eigenvalue weighted by molar-refractivity contribution is -0.205. The van der Waals surface area contributed by atoms with Crippen LogP contribution in [-0.2, 0) is 14.3 Å². The summed E-state index contributed by atoms with van der Waals surface area (Å²) in [5, 5.41) is 33.9. The van der Waals surface area contributed by atoms with Crippen LogP contribution in [0.15, 0.2) is 23.3 Å². The summed E-state index contributed by atoms with van der Waals surface area (Å²) >= 11 is 0. The van der Waals surface area contributed by atoms with Crippen LogP contribution in [0.5, 0.6) is 0 Å². The summed E-state index contributed by atoms with van der Waals surface area (Å²) in [6.45, 7) is 13.2. The minimum Gasteiger partial charge on any atom is -0.454 e. The molecule has 2 saturated carbocycles. The molecular weight excluding hydrogens is 408 g/mol. The number of aliphatic hydroxyl groups excluding tert-OH is 2. The van der Waals surface area contributed by atoms with Crippen LogP contribution in [0.4, 0.5) is 0 Å². The van der Waals surface area contributed by atoms with Crippen LogP contribution in [0, 0.1) is 46.3 Å². The summed E-state index contributed by atoms with van der Waals surface area (Å²) in [6.07, 6.45) is 1.51. The first-order chi connectivity index (χ1) is 14.8. The zero-order valence-electron chi connectivity index (χ0n) is 20.3. The van der Waals surface area contributed by atoms with Crippen molar-refractivity contribution in [2.45, 2.75) is 72.7 Å². The van der Waals surface area contributed by atoms with E-state index in [-0.39, 0.29) is 34.5 Å². The predicted molar refractivity (Wildman–Crippen MR) is 119 cm³/mol. The lowest BCUT2D eigenvalue weighted by atomic mass is 9.59. The number of fused-ring (bicyclic) bond motifs is 3. The Labute approximate surface area is 190 Å². The first kappa shape index (κ1) is 23.7. The third kappa shape index (κ3) is 2.75. The first-order valence-corrected chi connectivity index (χ1v) is 11.9. The van der Waals surface area contributed by atoms with Crippen LogP contribution in [0.2, 0.25) is 0 Å². The lowest BCUT2D eigenvalue weighted by Crippen LogP contribution is -2.66. The molecule has 4 aliphatic carbocycles. The van der Waals surface area contributed by atoms with Gasteiger partial charge in [0.1, 0.15) is 6.10 Å². The Morgan fingerprint density at radius 2 is 1.91 bits per heavy atom. The summed E-state index contributed by atoms with van der Waals surface area (Å²) in [6, 6.07) is 0. The molecule has 0 aromatic heterocycles. The summed E-state index contributed by atoms with van der Waals surface area (Å²) in [4.78, 5) is 27.1. The maximum Gasteiger partial charge on any atom is 0.309 e. The quantitative estimate of drug-likeness (QED) is 0.453. The molecule has 178 valence electrons. The van der Waals surface area contributed by atoms with Gasteiger partial charge in [0.25, 0.3) is 0 Å². The van der Waals surface area contributed by atoms with Crippen LogP contribution in [0.25, 0.3) is 0 Å². The van der Waals surface area contributed by atoms with Crippen molar-refractivity contribution in [2.24, 2.45) is 46.3 Å². The van der Waals surface area contributed by atoms with Crippen LogP contribution < -0.4 is 0 Å². The second kappa shape index (κ2) is 7.25. The van der Waals surface area contributed by atoms with E-state index in [0.29, 0.717) is 11.5 Å². The number of carbonyl (C=O) groups excluding carboxylic acids is 2. The fourth-order valence-corrected chi connectivity index (χ4v) is 7.09. The number of aliphatic hydroxyl groups is 3. The van der Waals surface area contributed by atoms with Gasteiger partial charge in [0, 0.05) is 5.92 Å². The maximum absolute atomic E-state index is 14.2. The van der Waals surface area contributed by atoms with Crippen molar-refractivity contribution in [1.29, 1.82) is 0 Å². The molecule has 2 bridgehead atoms. The van der Waals surface area contributed by atoms with Gasteiger partial charge in [-0.3, -0.25) is 9.59 Å². The number of allylic oxidation sites excluding steroid dienone is 1. The van der Waals surface area contributed by atoms with Gasteiger partial charge >= 0.3 is 5.97 Å². The molecule has 0 aliphatic heterocycles. The van der Waals surface area contributed by atoms with Crippen molar-refractivity contribution in [1.82, 2.24) is 0 Å². The summed E-state index contributed by atoms with van der Waals surface area (Å²) < 4.78 is 5.86. The Morgan fingerprint density at radius 3 is 2.47 bits per heavy atom. The molecule has 4 rings (SSSR count). The minimum absolute atomic E-state index is 0.0173. The molecule has 0 heterocycles. The normalized spacial score (nSPS) is 45.2. The van der Waals surface area contributed by atoms with Gasteiger partial charge in [-0.15, -0.1) is 0 Å². The summed E-state index contributed by atoms with van der Waals surface area (Å²) in [5.74, 6) is -1.31. The first-order valence-electron chi connectivity index (χ1n) is 11.9. The molecule has 1 spiro atoms. The van der Waals surface area contributed by atoms with Crippen molar-refractivity contribution < 1.29 is 29.6 Å². The predicted octanol–water partition coefficient (Wildman–Crippen LogP) is 2.66. The van der Waals surface area contributed by atoms with E-state index >= 15 is 0 Å². The monoisotopic (exact) mass is 446 g/mol. The third-order valence-corrected chi connectivity index (χ3v) is 9.50. The fourth-order valence-electron chi connectivity index (χ4n) is 7.09. The van der Waals surface area contributed by atoms with E-state index in [2.05, 4.69) is 13.8 Å². The highest BCUT2D eigenvalue weighted by atomic mass is 16.6. The minimum atomic E-state index is -2.07. The average molecular weight is 447 g/mol. The molecular formula is C26H38O6. The Morgan fingerprint density at radius 1 is 1.28 bits per heavy atom. The van der Waals surface area contributed by atoms with Crippen molar-refractivity contribution in [2.75, 3.05) is 6.61 Å². The highest BCUT2D eigenvalue weighted by Gasteiger charge is 2.76. The van der Waals surface area contributed by atoms with Gasteiger partial charge in [-0.1, -0.05) is 53.7 Å². The number of ether oxygens (including phenoxy) is 1. The van der Waals surface area contributed by atoms with Crippen LogP contribution >= 0.6 is 0 Å². The van der Waals surface area contributed by atoms with E-state index in [1.54, 1.807) is 26.0 Å². The second-order valence-corrected chi connectivity index (χ2v) is 11.7. The molecule has 0 amide bonds. The van der Waals surface area contributed by atoms with Crippen molar-refractivity contribution in [3.63, 3.8) is 0 Å². The number of hydrogen-bond acceptors (Lipinski definition) is 6. The van der Waals surface area contributed by atoms with Gasteiger partial charge in [0.15, 0.2) is 17.5 Å². The van der Waals surface area contributed by atoms with Crippen LogP contribution in [0.3, 0.4) is 0 Å². The van der Waals surface area contributed by atoms with E-state index in [4.69, 9.17) is 4.74 Å². The van der Waals surface area contributed by atoms with Gasteiger partial charge in [0.05, 0.1) is 17.9 Å². The fraction of sp³-hybridized carbons (Fsp3) is 0.769. The Hall–Kier alpha value is -1.50. The smallest absolute Gasteiger partial charge is 0.309 e. The standard InChI is InChI=1S/C26H38O6/c1-12(2)15(5)23(30)32-22-13(3)10-25-14(4)8-18-19(24(18,6)7)17(21(25)29)9-16(11-27)20(28)26(22,25)31/h9-10,12,14-15,17-20,22,27-28,31H,8,11H2,1-7H3/t14-,15?,17+,18-,19+,20-,22+,25+,26+/m1/s1. The molecule has 32 heavy (non-hydrogen) atoms. The van der Waals surface area contributed by atoms with Crippen LogP contribution in [0.1, 0.15) is 54.9 Å². The molecule has 3 N–H and O–H groups in total. The highest BCUT2D eigenvalue weighted by molar-refractivity contribution is 5.95. The number of esters is 1. The molecule has 0 aromatic carbocycles. The van der Waals surface area contributed by atoms with E-state index < -0.39 is 47.6 Å². The molecule has 9 atom stereocenters. The lowest BCUT2D eigenvalue weighted by Gasteiger charge is -2.49. The zero-order valence-corrected chi connectivity index (χ0v) is 20.3. The van der Waals surface area contributed by atoms with Gasteiger partial charge in [-0.05, 0) is 53.6 Å². The number of Topliss-reactive ketones (excluding diaryl/α,β-unsaturated/α-hetero) is 1. The van der Waals surface area contributed by atoms with Gasteiger partial charge in [-0.2, -0.15) is 0 Å². The Bertz CT molecular complexity index is 900. The van der Waals surface area contributed by atoms with Crippen molar-refractivity contribution in [3.8, 4) is 0 Å². The number of rotatable bonds is 4. The van der Waals surface area contributed by atoms with E-state index in [9.17, 15) is 24.9 Å². The molecule has 2 fully saturated rings. The average Bonchev–Trinajstić information content (AvgIpc) is 3.21.